The molecule has 0 spiro atoms. The van der Waals surface area contributed by atoms with Crippen molar-refractivity contribution in [2.75, 3.05) is 20.6 Å². The van der Waals surface area contributed by atoms with Crippen molar-refractivity contribution >= 4 is 5.57 Å². The standard InChI is InChI=1S/C20H23NO/c1-21(2)13-7-12-17-16-9-4-3-8-15(16)14-20(22)19-11-6-5-10-18(17)19/h3-6,8-12,20,22H,7,13-14H2,1-2H3. The number of fused-ring (bicyclic) bond motifs is 2. The van der Waals surface area contributed by atoms with Crippen molar-refractivity contribution in [1.82, 2.24) is 4.90 Å². The third-order valence-electron chi connectivity index (χ3n) is 4.26. The molecule has 1 N–H and O–H groups in total. The molecule has 1 aliphatic rings. The van der Waals surface area contributed by atoms with Crippen LogP contribution in [0.5, 0.6) is 0 Å². The zero-order chi connectivity index (χ0) is 15.5. The number of benzene rings is 2. The second kappa shape index (κ2) is 6.47. The minimum atomic E-state index is -0.433. The zero-order valence-corrected chi connectivity index (χ0v) is 13.3. The molecule has 0 saturated heterocycles. The van der Waals surface area contributed by atoms with E-state index in [1.54, 1.807) is 0 Å². The average Bonchev–Trinajstić information content (AvgIpc) is 2.63. The Morgan fingerprint density at radius 2 is 1.73 bits per heavy atom. The van der Waals surface area contributed by atoms with E-state index in [0.717, 1.165) is 18.5 Å². The molecule has 114 valence electrons. The minimum Gasteiger partial charge on any atom is -0.388 e. The summed E-state index contributed by atoms with van der Waals surface area (Å²) in [5.74, 6) is 0. The maximum Gasteiger partial charge on any atom is 0.0836 e. The first-order valence-electron chi connectivity index (χ1n) is 7.87. The predicted molar refractivity (Wildman–Crippen MR) is 91.8 cm³/mol. The molecule has 22 heavy (non-hydrogen) atoms. The molecule has 0 bridgehead atoms. The third-order valence-corrected chi connectivity index (χ3v) is 4.26. The van der Waals surface area contributed by atoms with Crippen molar-refractivity contribution in [2.24, 2.45) is 0 Å². The van der Waals surface area contributed by atoms with E-state index in [0.29, 0.717) is 6.42 Å². The zero-order valence-electron chi connectivity index (χ0n) is 13.3. The van der Waals surface area contributed by atoms with E-state index < -0.39 is 6.10 Å². The predicted octanol–water partition coefficient (Wildman–Crippen LogP) is 3.66. The summed E-state index contributed by atoms with van der Waals surface area (Å²) in [5, 5.41) is 10.6. The third kappa shape index (κ3) is 2.99. The molecule has 0 saturated carbocycles. The largest absolute Gasteiger partial charge is 0.388 e. The van der Waals surface area contributed by atoms with Gasteiger partial charge in [0.05, 0.1) is 6.10 Å². The van der Waals surface area contributed by atoms with Crippen molar-refractivity contribution in [2.45, 2.75) is 18.9 Å². The summed E-state index contributed by atoms with van der Waals surface area (Å²) < 4.78 is 0. The fourth-order valence-electron chi connectivity index (χ4n) is 3.14. The molecule has 0 radical (unpaired) electrons. The van der Waals surface area contributed by atoms with Gasteiger partial charge in [0, 0.05) is 13.0 Å². The Morgan fingerprint density at radius 3 is 2.50 bits per heavy atom. The van der Waals surface area contributed by atoms with Gasteiger partial charge in [0.15, 0.2) is 0 Å². The molecule has 1 unspecified atom stereocenters. The Labute approximate surface area is 132 Å². The van der Waals surface area contributed by atoms with Gasteiger partial charge in [0.1, 0.15) is 0 Å². The molecule has 3 rings (SSSR count). The molecule has 2 aromatic rings. The SMILES string of the molecule is CN(C)CCC=C1c2ccccc2CC(O)c2ccccc21. The Hall–Kier alpha value is -1.90. The highest BCUT2D eigenvalue weighted by atomic mass is 16.3. The number of aliphatic hydroxyl groups excluding tert-OH is 1. The minimum absolute atomic E-state index is 0.433. The first-order valence-corrected chi connectivity index (χ1v) is 7.87. The summed E-state index contributed by atoms with van der Waals surface area (Å²) in [5.41, 5.74) is 5.94. The molecule has 2 heteroatoms. The van der Waals surface area contributed by atoms with Crippen LogP contribution in [0.3, 0.4) is 0 Å². The molecular formula is C20H23NO. The Kier molecular flexibility index (Phi) is 4.41. The van der Waals surface area contributed by atoms with E-state index >= 15 is 0 Å². The summed E-state index contributed by atoms with van der Waals surface area (Å²) in [7, 11) is 4.19. The van der Waals surface area contributed by atoms with Crippen LogP contribution < -0.4 is 0 Å². The normalized spacial score (nSPS) is 18.9. The van der Waals surface area contributed by atoms with E-state index in [2.05, 4.69) is 61.5 Å². The number of rotatable bonds is 3. The van der Waals surface area contributed by atoms with Crippen LogP contribution in [-0.4, -0.2) is 30.6 Å². The van der Waals surface area contributed by atoms with Gasteiger partial charge in [0.25, 0.3) is 0 Å². The van der Waals surface area contributed by atoms with Crippen LogP contribution in [-0.2, 0) is 6.42 Å². The van der Waals surface area contributed by atoms with Gasteiger partial charge in [0.2, 0.25) is 0 Å². The summed E-state index contributed by atoms with van der Waals surface area (Å²) >= 11 is 0. The highest BCUT2D eigenvalue weighted by molar-refractivity contribution is 5.84. The van der Waals surface area contributed by atoms with E-state index in [4.69, 9.17) is 0 Å². The second-order valence-electron chi connectivity index (χ2n) is 6.17. The van der Waals surface area contributed by atoms with E-state index in [9.17, 15) is 5.11 Å². The monoisotopic (exact) mass is 293 g/mol. The molecule has 0 amide bonds. The van der Waals surface area contributed by atoms with E-state index in [-0.39, 0.29) is 0 Å². The molecule has 0 fully saturated rings. The Balaban J connectivity index is 2.11. The van der Waals surface area contributed by atoms with Gasteiger partial charge in [-0.25, -0.2) is 0 Å². The first kappa shape index (κ1) is 15.0. The molecular weight excluding hydrogens is 270 g/mol. The van der Waals surface area contributed by atoms with Crippen molar-refractivity contribution < 1.29 is 5.11 Å². The van der Waals surface area contributed by atoms with Gasteiger partial charge < -0.3 is 10.0 Å². The second-order valence-corrected chi connectivity index (χ2v) is 6.17. The van der Waals surface area contributed by atoms with Crippen LogP contribution in [0.2, 0.25) is 0 Å². The number of aliphatic hydroxyl groups is 1. The van der Waals surface area contributed by atoms with Crippen LogP contribution in [0.1, 0.15) is 34.8 Å². The van der Waals surface area contributed by atoms with Gasteiger partial charge in [-0.3, -0.25) is 0 Å². The number of hydrogen-bond donors (Lipinski definition) is 1. The van der Waals surface area contributed by atoms with Gasteiger partial charge in [-0.2, -0.15) is 0 Å². The highest BCUT2D eigenvalue weighted by Gasteiger charge is 2.22. The fraction of sp³-hybridized carbons (Fsp3) is 0.300. The summed E-state index contributed by atoms with van der Waals surface area (Å²) in [6.07, 6.45) is 3.56. The Morgan fingerprint density at radius 1 is 1.05 bits per heavy atom. The van der Waals surface area contributed by atoms with Crippen molar-refractivity contribution in [3.05, 3.63) is 76.9 Å². The first-order chi connectivity index (χ1) is 10.7. The topological polar surface area (TPSA) is 23.5 Å². The lowest BCUT2D eigenvalue weighted by atomic mass is 9.93. The van der Waals surface area contributed by atoms with Gasteiger partial charge in [-0.1, -0.05) is 54.6 Å². The van der Waals surface area contributed by atoms with Crippen LogP contribution >= 0.6 is 0 Å². The van der Waals surface area contributed by atoms with Crippen molar-refractivity contribution in [3.63, 3.8) is 0 Å². The molecule has 0 heterocycles. The quantitative estimate of drug-likeness (QED) is 0.933. The number of hydrogen-bond acceptors (Lipinski definition) is 2. The summed E-state index contributed by atoms with van der Waals surface area (Å²) in [4.78, 5) is 2.19. The molecule has 1 aliphatic carbocycles. The van der Waals surface area contributed by atoms with Gasteiger partial charge in [-0.15, -0.1) is 0 Å². The van der Waals surface area contributed by atoms with E-state index in [1.807, 2.05) is 12.1 Å². The average molecular weight is 293 g/mol. The van der Waals surface area contributed by atoms with Crippen LogP contribution in [0.25, 0.3) is 5.57 Å². The smallest absolute Gasteiger partial charge is 0.0836 e. The maximum atomic E-state index is 10.6. The Bertz CT molecular complexity index is 688. The summed E-state index contributed by atoms with van der Waals surface area (Å²) in [6, 6.07) is 16.7. The van der Waals surface area contributed by atoms with Gasteiger partial charge >= 0.3 is 0 Å². The molecule has 2 aromatic carbocycles. The lowest BCUT2D eigenvalue weighted by Gasteiger charge is -2.14. The maximum absolute atomic E-state index is 10.6. The van der Waals surface area contributed by atoms with Crippen molar-refractivity contribution in [1.29, 1.82) is 0 Å². The summed E-state index contributed by atoms with van der Waals surface area (Å²) in [6.45, 7) is 1.02. The van der Waals surface area contributed by atoms with Gasteiger partial charge in [-0.05, 0) is 48.3 Å². The lowest BCUT2D eigenvalue weighted by molar-refractivity contribution is 0.179. The van der Waals surface area contributed by atoms with E-state index in [1.165, 1.54) is 22.3 Å². The fourth-order valence-corrected chi connectivity index (χ4v) is 3.14. The van der Waals surface area contributed by atoms with Crippen LogP contribution in [0, 0.1) is 0 Å². The molecule has 0 aliphatic heterocycles. The number of nitrogens with zero attached hydrogens (tertiary/aromatic N) is 1. The molecule has 1 atom stereocenters. The van der Waals surface area contributed by atoms with Crippen molar-refractivity contribution in [3.8, 4) is 0 Å². The van der Waals surface area contributed by atoms with Crippen LogP contribution in [0.15, 0.2) is 54.6 Å². The molecule has 2 nitrogen and oxygen atoms in total. The lowest BCUT2D eigenvalue weighted by Crippen LogP contribution is -2.12. The highest BCUT2D eigenvalue weighted by Crippen LogP contribution is 2.37. The molecule has 0 aromatic heterocycles. The van der Waals surface area contributed by atoms with Crippen LogP contribution in [0.4, 0.5) is 0 Å².